The third-order valence-electron chi connectivity index (χ3n) is 5.27. The number of carbonyl (C=O) groups is 1. The smallest absolute Gasteiger partial charge is 0.407 e. The zero-order chi connectivity index (χ0) is 22.7. The second-order valence-corrected chi connectivity index (χ2v) is 7.36. The molecule has 0 atom stereocenters. The highest BCUT2D eigenvalue weighted by Crippen LogP contribution is 2.37. The minimum absolute atomic E-state index is 0.174. The highest BCUT2D eigenvalue weighted by atomic mass is 16.5. The first kappa shape index (κ1) is 21.2. The van der Waals surface area contributed by atoms with Crippen LogP contribution in [0.2, 0.25) is 0 Å². The van der Waals surface area contributed by atoms with Crippen molar-refractivity contribution in [1.82, 2.24) is 10.3 Å². The molecule has 0 aliphatic heterocycles. The number of hydrogen-bond acceptors (Lipinski definition) is 6. The number of aromatic nitrogens is 1. The van der Waals surface area contributed by atoms with Crippen LogP contribution in [0.3, 0.4) is 0 Å². The fraction of sp³-hybridized carbons (Fsp3) is 0.200. The van der Waals surface area contributed by atoms with Gasteiger partial charge in [0.05, 0.1) is 30.9 Å². The number of amides is 1. The zero-order valence-corrected chi connectivity index (χ0v) is 18.5. The van der Waals surface area contributed by atoms with Crippen molar-refractivity contribution in [3.05, 3.63) is 65.7 Å². The van der Waals surface area contributed by atoms with E-state index in [1.807, 2.05) is 61.5 Å². The zero-order valence-electron chi connectivity index (χ0n) is 18.5. The molecule has 0 saturated heterocycles. The molecule has 0 radical (unpaired) electrons. The Bertz CT molecular complexity index is 1300. The molecule has 7 heteroatoms. The first-order valence-electron chi connectivity index (χ1n) is 10.2. The Morgan fingerprint density at radius 1 is 0.969 bits per heavy atom. The maximum absolute atomic E-state index is 11.4. The van der Waals surface area contributed by atoms with Crippen LogP contribution >= 0.6 is 0 Å². The molecule has 0 unspecified atom stereocenters. The van der Waals surface area contributed by atoms with Crippen molar-refractivity contribution in [2.75, 3.05) is 26.6 Å². The second-order valence-electron chi connectivity index (χ2n) is 7.36. The van der Waals surface area contributed by atoms with Gasteiger partial charge < -0.3 is 24.8 Å². The monoisotopic (exact) mass is 431 g/mol. The van der Waals surface area contributed by atoms with Gasteiger partial charge in [0.25, 0.3) is 0 Å². The summed E-state index contributed by atoms with van der Waals surface area (Å²) in [6.45, 7) is 2.18. The summed E-state index contributed by atoms with van der Waals surface area (Å²) in [5.41, 5.74) is 5.35. The van der Waals surface area contributed by atoms with E-state index < -0.39 is 6.09 Å². The molecule has 1 amide bonds. The van der Waals surface area contributed by atoms with Gasteiger partial charge >= 0.3 is 6.09 Å². The van der Waals surface area contributed by atoms with Gasteiger partial charge in [-0.1, -0.05) is 12.1 Å². The van der Waals surface area contributed by atoms with Gasteiger partial charge in [0.1, 0.15) is 18.1 Å². The van der Waals surface area contributed by atoms with Gasteiger partial charge in [-0.05, 0) is 60.5 Å². The molecule has 1 aromatic heterocycles. The van der Waals surface area contributed by atoms with Crippen LogP contribution in [0, 0.1) is 6.92 Å². The average Bonchev–Trinajstić information content (AvgIpc) is 2.82. The number of alkyl carbamates (subject to hydrolysis) is 1. The summed E-state index contributed by atoms with van der Waals surface area (Å²) in [6.07, 6.45) is -0.468. The van der Waals surface area contributed by atoms with Gasteiger partial charge in [-0.25, -0.2) is 9.78 Å². The summed E-state index contributed by atoms with van der Waals surface area (Å²) in [5, 5.41) is 7.85. The van der Waals surface area contributed by atoms with E-state index in [9.17, 15) is 4.79 Å². The molecule has 0 saturated carbocycles. The van der Waals surface area contributed by atoms with Crippen LogP contribution in [0.15, 0.2) is 54.6 Å². The third-order valence-corrected chi connectivity index (χ3v) is 5.27. The Kier molecular flexibility index (Phi) is 5.98. The number of nitrogens with zero attached hydrogens (tertiary/aromatic N) is 1. The number of nitrogens with one attached hydrogen (secondary N) is 2. The normalized spacial score (nSPS) is 10.8. The summed E-state index contributed by atoms with van der Waals surface area (Å²) in [6, 6.07) is 17.6. The van der Waals surface area contributed by atoms with Crippen LogP contribution in [0.4, 0.5) is 16.2 Å². The summed E-state index contributed by atoms with van der Waals surface area (Å²) in [5.74, 6) is 1.53. The number of fused-ring (bicyclic) bond motifs is 2. The van der Waals surface area contributed by atoms with Gasteiger partial charge in [-0.2, -0.15) is 0 Å². The highest BCUT2D eigenvalue weighted by molar-refractivity contribution is 6.09. The lowest BCUT2D eigenvalue weighted by molar-refractivity contribution is 0.142. The van der Waals surface area contributed by atoms with Crippen LogP contribution in [0.1, 0.15) is 11.1 Å². The number of anilines is 2. The van der Waals surface area contributed by atoms with Gasteiger partial charge in [0, 0.05) is 23.5 Å². The summed E-state index contributed by atoms with van der Waals surface area (Å²) >= 11 is 0. The van der Waals surface area contributed by atoms with E-state index in [2.05, 4.69) is 10.6 Å². The van der Waals surface area contributed by atoms with Crippen molar-refractivity contribution in [2.45, 2.75) is 13.5 Å². The standard InChI is InChI=1S/C25H25N3O4/c1-15-10-22-20(13-23(15)31-4)24(19-12-18(30-3)8-9-21(19)28-22)27-17-7-5-6-16(11-17)14-32-25(29)26-2/h5-13H,14H2,1-4H3,(H,26,29)(H,27,28). The fourth-order valence-corrected chi connectivity index (χ4v) is 3.64. The maximum Gasteiger partial charge on any atom is 0.407 e. The largest absolute Gasteiger partial charge is 0.497 e. The van der Waals surface area contributed by atoms with Crippen LogP contribution in [0.25, 0.3) is 21.8 Å². The maximum atomic E-state index is 11.4. The Labute approximate surface area is 186 Å². The number of ether oxygens (including phenoxy) is 3. The molecule has 4 rings (SSSR count). The molecular formula is C25H25N3O4. The predicted molar refractivity (Wildman–Crippen MR) is 126 cm³/mol. The second kappa shape index (κ2) is 9.01. The lowest BCUT2D eigenvalue weighted by atomic mass is 10.0. The molecule has 0 aliphatic rings. The highest BCUT2D eigenvalue weighted by Gasteiger charge is 2.14. The van der Waals surface area contributed by atoms with Gasteiger partial charge in [0.15, 0.2) is 0 Å². The predicted octanol–water partition coefficient (Wildman–Crippen LogP) is 5.31. The van der Waals surface area contributed by atoms with Crippen molar-refractivity contribution in [1.29, 1.82) is 0 Å². The average molecular weight is 431 g/mol. The molecule has 164 valence electrons. The van der Waals surface area contributed by atoms with E-state index >= 15 is 0 Å². The van der Waals surface area contributed by atoms with E-state index in [0.717, 1.165) is 55.8 Å². The summed E-state index contributed by atoms with van der Waals surface area (Å²) in [7, 11) is 4.84. The number of carbonyl (C=O) groups excluding carboxylic acids is 1. The Morgan fingerprint density at radius 3 is 2.53 bits per heavy atom. The van der Waals surface area contributed by atoms with Crippen LogP contribution in [0.5, 0.6) is 11.5 Å². The molecule has 0 spiro atoms. The van der Waals surface area contributed by atoms with E-state index in [-0.39, 0.29) is 6.61 Å². The van der Waals surface area contributed by atoms with Crippen molar-refractivity contribution in [3.8, 4) is 11.5 Å². The topological polar surface area (TPSA) is 81.7 Å². The lowest BCUT2D eigenvalue weighted by Gasteiger charge is -2.16. The van der Waals surface area contributed by atoms with Crippen molar-refractivity contribution in [2.24, 2.45) is 0 Å². The quantitative estimate of drug-likeness (QED) is 0.403. The minimum Gasteiger partial charge on any atom is -0.497 e. The van der Waals surface area contributed by atoms with Gasteiger partial charge in [-0.3, -0.25) is 0 Å². The van der Waals surface area contributed by atoms with Gasteiger partial charge in [0.2, 0.25) is 0 Å². The minimum atomic E-state index is -0.468. The van der Waals surface area contributed by atoms with Crippen LogP contribution in [-0.2, 0) is 11.3 Å². The summed E-state index contributed by atoms with van der Waals surface area (Å²) < 4.78 is 16.2. The number of benzene rings is 3. The Balaban J connectivity index is 1.84. The van der Waals surface area contributed by atoms with E-state index in [1.165, 1.54) is 7.05 Å². The first-order valence-corrected chi connectivity index (χ1v) is 10.2. The van der Waals surface area contributed by atoms with E-state index in [0.29, 0.717) is 0 Å². The Morgan fingerprint density at radius 2 is 1.78 bits per heavy atom. The number of pyridine rings is 1. The Hall–Kier alpha value is -4.00. The molecule has 4 aromatic rings. The number of methoxy groups -OCH3 is 2. The van der Waals surface area contributed by atoms with E-state index in [4.69, 9.17) is 19.2 Å². The SMILES string of the molecule is CNC(=O)OCc1cccc(Nc2c3cc(OC)ccc3nc3cc(C)c(OC)cc23)c1. The molecule has 2 N–H and O–H groups in total. The number of aryl methyl sites for hydroxylation is 1. The molecule has 7 nitrogen and oxygen atoms in total. The number of hydrogen-bond donors (Lipinski definition) is 2. The molecule has 32 heavy (non-hydrogen) atoms. The fourth-order valence-electron chi connectivity index (χ4n) is 3.64. The molecule has 1 heterocycles. The molecular weight excluding hydrogens is 406 g/mol. The van der Waals surface area contributed by atoms with Gasteiger partial charge in [-0.15, -0.1) is 0 Å². The molecule has 0 fully saturated rings. The van der Waals surface area contributed by atoms with Crippen molar-refractivity contribution < 1.29 is 19.0 Å². The van der Waals surface area contributed by atoms with Crippen LogP contribution in [-0.4, -0.2) is 32.3 Å². The first-order chi connectivity index (χ1) is 15.5. The van der Waals surface area contributed by atoms with Crippen LogP contribution < -0.4 is 20.1 Å². The molecule has 0 bridgehead atoms. The third kappa shape index (κ3) is 4.23. The molecule has 3 aromatic carbocycles. The molecule has 0 aliphatic carbocycles. The van der Waals surface area contributed by atoms with Crippen molar-refractivity contribution in [3.63, 3.8) is 0 Å². The number of rotatable bonds is 6. The van der Waals surface area contributed by atoms with Crippen molar-refractivity contribution >= 4 is 39.3 Å². The van der Waals surface area contributed by atoms with E-state index in [1.54, 1.807) is 14.2 Å². The lowest BCUT2D eigenvalue weighted by Crippen LogP contribution is -2.18. The summed E-state index contributed by atoms with van der Waals surface area (Å²) in [4.78, 5) is 16.3.